The number of nitrogens with two attached hydrogens (primary N) is 1. The first-order valence-corrected chi connectivity index (χ1v) is 6.86. The van der Waals surface area contributed by atoms with E-state index in [4.69, 9.17) is 15.6 Å². The van der Waals surface area contributed by atoms with E-state index < -0.39 is 36.8 Å². The summed E-state index contributed by atoms with van der Waals surface area (Å²) in [5.41, 5.74) is 4.63. The number of nitrogen functional groups attached to an aromatic ring is 1. The van der Waals surface area contributed by atoms with Crippen LogP contribution < -0.4 is 11.4 Å². The molecule has 1 aliphatic rings. The third kappa shape index (κ3) is 4.11. The van der Waals surface area contributed by atoms with E-state index in [9.17, 15) is 15.0 Å². The van der Waals surface area contributed by atoms with E-state index in [0.717, 1.165) is 4.57 Å². The van der Waals surface area contributed by atoms with Crippen LogP contribution in [0.15, 0.2) is 47.7 Å². The van der Waals surface area contributed by atoms with Gasteiger partial charge in [0.15, 0.2) is 6.23 Å². The Bertz CT molecular complexity index is 639. The van der Waals surface area contributed by atoms with Crippen LogP contribution in [0.5, 0.6) is 0 Å². The molecule has 1 fully saturated rings. The maximum Gasteiger partial charge on any atom is 0.351 e. The van der Waals surface area contributed by atoms with Crippen LogP contribution in [0, 0.1) is 0 Å². The van der Waals surface area contributed by atoms with Gasteiger partial charge in [-0.3, -0.25) is 9.55 Å². The lowest BCUT2D eigenvalue weighted by Crippen LogP contribution is -2.36. The summed E-state index contributed by atoms with van der Waals surface area (Å²) in [6.07, 6.45) is 0.234. The molecule has 9 heteroatoms. The van der Waals surface area contributed by atoms with E-state index in [1.54, 1.807) is 12.4 Å². The van der Waals surface area contributed by atoms with Crippen molar-refractivity contribution in [2.45, 2.75) is 24.5 Å². The summed E-state index contributed by atoms with van der Waals surface area (Å²) >= 11 is 0. The molecule has 9 nitrogen and oxygen atoms in total. The average molecular weight is 322 g/mol. The van der Waals surface area contributed by atoms with Crippen LogP contribution in [0.25, 0.3) is 0 Å². The van der Waals surface area contributed by atoms with Crippen molar-refractivity contribution in [2.75, 3.05) is 12.3 Å². The van der Waals surface area contributed by atoms with Crippen LogP contribution in [-0.4, -0.2) is 54.8 Å². The van der Waals surface area contributed by atoms with Crippen molar-refractivity contribution in [2.24, 2.45) is 0 Å². The molecule has 2 aromatic heterocycles. The molecule has 3 heterocycles. The number of nitrogens with zero attached hydrogens (tertiary/aromatic N) is 3. The largest absolute Gasteiger partial charge is 0.394 e. The van der Waals surface area contributed by atoms with Gasteiger partial charge in [-0.25, -0.2) is 4.79 Å². The smallest absolute Gasteiger partial charge is 0.351 e. The Balaban J connectivity index is 0.000000268. The first-order chi connectivity index (χ1) is 11.0. The summed E-state index contributed by atoms with van der Waals surface area (Å²) in [6.45, 7) is -0.453. The van der Waals surface area contributed by atoms with Crippen molar-refractivity contribution in [3.05, 3.63) is 53.3 Å². The summed E-state index contributed by atoms with van der Waals surface area (Å²) in [7, 11) is 0. The molecule has 0 saturated carbocycles. The standard InChI is InChI=1S/C9H13N3O5.C5H5N/c10-5-1-2-12(9(16)11-5)8-7(15)6(14)4(3-13)17-8;1-2-4-6-5-3-1/h1-2,4,6-8,13-15H,3H2,(H2,10,11,16);1-5H/t4-,6-,7-,8-;/m1./s1. The normalized spacial score (nSPS) is 26.4. The summed E-state index contributed by atoms with van der Waals surface area (Å²) in [5.74, 6) is 0.0537. The van der Waals surface area contributed by atoms with Crippen molar-refractivity contribution in [1.82, 2.24) is 14.5 Å². The molecule has 3 rings (SSSR count). The number of hydrogen-bond acceptors (Lipinski definition) is 8. The monoisotopic (exact) mass is 322 g/mol. The fourth-order valence-electron chi connectivity index (χ4n) is 2.04. The molecular formula is C14H18N4O5. The zero-order chi connectivity index (χ0) is 16.8. The number of aliphatic hydroxyl groups is 3. The molecule has 4 atom stereocenters. The molecule has 1 saturated heterocycles. The summed E-state index contributed by atoms with van der Waals surface area (Å²) in [5, 5.41) is 28.2. The van der Waals surface area contributed by atoms with Crippen molar-refractivity contribution in [1.29, 1.82) is 0 Å². The zero-order valence-electron chi connectivity index (χ0n) is 12.1. The molecule has 23 heavy (non-hydrogen) atoms. The Hall–Kier alpha value is -2.33. The minimum atomic E-state index is -1.31. The van der Waals surface area contributed by atoms with Crippen LogP contribution in [0.4, 0.5) is 5.82 Å². The molecule has 0 bridgehead atoms. The maximum absolute atomic E-state index is 11.5. The Kier molecular flexibility index (Phi) is 5.77. The fraction of sp³-hybridized carbons (Fsp3) is 0.357. The summed E-state index contributed by atoms with van der Waals surface area (Å²) < 4.78 is 6.19. The topological polar surface area (TPSA) is 144 Å². The van der Waals surface area contributed by atoms with Crippen molar-refractivity contribution >= 4 is 5.82 Å². The Labute approximate surface area is 131 Å². The van der Waals surface area contributed by atoms with Crippen molar-refractivity contribution < 1.29 is 20.1 Å². The highest BCUT2D eigenvalue weighted by Crippen LogP contribution is 2.27. The minimum Gasteiger partial charge on any atom is -0.394 e. The van der Waals surface area contributed by atoms with Gasteiger partial charge in [-0.1, -0.05) is 6.07 Å². The van der Waals surface area contributed by atoms with Crippen LogP contribution in [0.1, 0.15) is 6.23 Å². The number of aliphatic hydroxyl groups excluding tert-OH is 3. The first kappa shape index (κ1) is 17.0. The van der Waals surface area contributed by atoms with Gasteiger partial charge in [0.25, 0.3) is 0 Å². The second kappa shape index (κ2) is 7.79. The highest BCUT2D eigenvalue weighted by molar-refractivity contribution is 5.23. The van der Waals surface area contributed by atoms with Gasteiger partial charge in [-0.05, 0) is 18.2 Å². The highest BCUT2D eigenvalue weighted by atomic mass is 16.6. The minimum absolute atomic E-state index is 0.0537. The van der Waals surface area contributed by atoms with Gasteiger partial charge in [-0.15, -0.1) is 0 Å². The van der Waals surface area contributed by atoms with Gasteiger partial charge in [0.05, 0.1) is 6.61 Å². The second-order valence-corrected chi connectivity index (χ2v) is 4.80. The molecule has 0 radical (unpaired) electrons. The molecule has 0 aromatic carbocycles. The molecule has 124 valence electrons. The molecule has 0 unspecified atom stereocenters. The van der Waals surface area contributed by atoms with Crippen LogP contribution in [-0.2, 0) is 4.74 Å². The van der Waals surface area contributed by atoms with E-state index >= 15 is 0 Å². The molecule has 0 aliphatic carbocycles. The molecule has 1 aliphatic heterocycles. The number of rotatable bonds is 2. The van der Waals surface area contributed by atoms with Gasteiger partial charge >= 0.3 is 5.69 Å². The number of ether oxygens (including phenoxy) is 1. The molecule has 0 amide bonds. The predicted molar refractivity (Wildman–Crippen MR) is 80.2 cm³/mol. The lowest BCUT2D eigenvalue weighted by atomic mass is 10.1. The van der Waals surface area contributed by atoms with Crippen LogP contribution in [0.2, 0.25) is 0 Å². The van der Waals surface area contributed by atoms with E-state index in [-0.39, 0.29) is 5.82 Å². The van der Waals surface area contributed by atoms with Crippen LogP contribution in [0.3, 0.4) is 0 Å². The second-order valence-electron chi connectivity index (χ2n) is 4.80. The number of anilines is 1. The van der Waals surface area contributed by atoms with E-state index in [1.165, 1.54) is 12.3 Å². The summed E-state index contributed by atoms with van der Waals surface area (Å²) in [6, 6.07) is 7.09. The van der Waals surface area contributed by atoms with E-state index in [0.29, 0.717) is 0 Å². The third-order valence-electron chi connectivity index (χ3n) is 3.21. The van der Waals surface area contributed by atoms with Gasteiger partial charge in [0.2, 0.25) is 0 Å². The molecule has 5 N–H and O–H groups in total. The fourth-order valence-corrected chi connectivity index (χ4v) is 2.04. The van der Waals surface area contributed by atoms with E-state index in [2.05, 4.69) is 9.97 Å². The van der Waals surface area contributed by atoms with Gasteiger partial charge in [0.1, 0.15) is 24.1 Å². The van der Waals surface area contributed by atoms with Gasteiger partial charge < -0.3 is 25.8 Å². The first-order valence-electron chi connectivity index (χ1n) is 6.86. The lowest BCUT2D eigenvalue weighted by Gasteiger charge is -2.16. The van der Waals surface area contributed by atoms with Gasteiger partial charge in [-0.2, -0.15) is 4.98 Å². The lowest BCUT2D eigenvalue weighted by molar-refractivity contribution is -0.0549. The molecule has 0 spiro atoms. The van der Waals surface area contributed by atoms with Crippen molar-refractivity contribution in [3.63, 3.8) is 0 Å². The van der Waals surface area contributed by atoms with Crippen LogP contribution >= 0.6 is 0 Å². The number of aromatic nitrogens is 3. The SMILES string of the molecule is Nc1ccn([C@@H]2O[C@H](CO)[C@@H](O)[C@H]2O)c(=O)n1.c1ccncc1. The Morgan fingerprint density at radius 1 is 1.22 bits per heavy atom. The van der Waals surface area contributed by atoms with Crippen molar-refractivity contribution in [3.8, 4) is 0 Å². The quantitative estimate of drug-likeness (QED) is 0.524. The molecule has 2 aromatic rings. The van der Waals surface area contributed by atoms with Gasteiger partial charge in [0, 0.05) is 18.6 Å². The maximum atomic E-state index is 11.5. The molecular weight excluding hydrogens is 304 g/mol. The third-order valence-corrected chi connectivity index (χ3v) is 3.21. The Morgan fingerprint density at radius 3 is 2.35 bits per heavy atom. The zero-order valence-corrected chi connectivity index (χ0v) is 12.1. The number of hydrogen-bond donors (Lipinski definition) is 4. The van der Waals surface area contributed by atoms with E-state index in [1.807, 2.05) is 18.2 Å². The summed E-state index contributed by atoms with van der Waals surface area (Å²) in [4.78, 5) is 18.8. The Morgan fingerprint density at radius 2 is 1.91 bits per heavy atom. The predicted octanol–water partition coefficient (Wildman–Crippen LogP) is -1.48. The average Bonchev–Trinajstić information content (AvgIpc) is 2.85. The number of pyridine rings is 1. The highest BCUT2D eigenvalue weighted by Gasteiger charge is 2.43.